The Hall–Kier alpha value is -2.65. The molecule has 1 fully saturated rings. The highest BCUT2D eigenvalue weighted by Crippen LogP contribution is 2.35. The summed E-state index contributed by atoms with van der Waals surface area (Å²) in [6.45, 7) is -0.0797. The summed E-state index contributed by atoms with van der Waals surface area (Å²) in [7, 11) is -2.37. The van der Waals surface area contributed by atoms with Gasteiger partial charge in [-0.05, 0) is 23.8 Å². The van der Waals surface area contributed by atoms with Crippen LogP contribution in [0, 0.1) is 0 Å². The maximum atomic E-state index is 12.1. The number of nitrogens with one attached hydrogen (secondary N) is 1. The first-order chi connectivity index (χ1) is 11.4. The lowest BCUT2D eigenvalue weighted by molar-refractivity contribution is -0.108. The molecule has 8 nitrogen and oxygen atoms in total. The van der Waals surface area contributed by atoms with E-state index in [0.717, 1.165) is 9.87 Å². The number of aldehydes is 1. The van der Waals surface area contributed by atoms with Crippen LogP contribution in [0.15, 0.2) is 36.5 Å². The second kappa shape index (κ2) is 6.10. The number of aromatic nitrogens is 1. The van der Waals surface area contributed by atoms with Crippen molar-refractivity contribution >= 4 is 22.2 Å². The maximum Gasteiger partial charge on any atom is 0.302 e. The van der Waals surface area contributed by atoms with E-state index in [4.69, 9.17) is 4.74 Å². The van der Waals surface area contributed by atoms with Crippen molar-refractivity contribution in [3.63, 3.8) is 0 Å². The minimum Gasteiger partial charge on any atom is -0.506 e. The molecule has 0 radical (unpaired) electrons. The number of nitrogens with zero attached hydrogens (tertiary/aromatic N) is 2. The molecule has 1 saturated heterocycles. The fraction of sp³-hybridized carbons (Fsp3) is 0.200. The third-order valence-corrected chi connectivity index (χ3v) is 5.17. The van der Waals surface area contributed by atoms with Crippen molar-refractivity contribution in [2.75, 3.05) is 18.0 Å². The SMILES string of the molecule is COc1ccc(-c2ccc(O)c(N3CC(C=O)NS3(=O)=O)c2)cn1. The van der Waals surface area contributed by atoms with E-state index in [2.05, 4.69) is 9.71 Å². The number of benzene rings is 1. The van der Waals surface area contributed by atoms with Gasteiger partial charge in [0, 0.05) is 17.8 Å². The van der Waals surface area contributed by atoms with E-state index in [1.54, 1.807) is 24.4 Å². The van der Waals surface area contributed by atoms with E-state index in [0.29, 0.717) is 17.7 Å². The van der Waals surface area contributed by atoms with Crippen LogP contribution in [0.2, 0.25) is 0 Å². The summed E-state index contributed by atoms with van der Waals surface area (Å²) in [4.78, 5) is 15.0. The quantitative estimate of drug-likeness (QED) is 0.786. The molecule has 1 aromatic heterocycles. The number of anilines is 1. The monoisotopic (exact) mass is 349 g/mol. The van der Waals surface area contributed by atoms with Gasteiger partial charge in [-0.1, -0.05) is 6.07 Å². The minimum absolute atomic E-state index is 0.0797. The lowest BCUT2D eigenvalue weighted by atomic mass is 10.1. The van der Waals surface area contributed by atoms with Crippen molar-refractivity contribution < 1.29 is 23.1 Å². The predicted molar refractivity (Wildman–Crippen MR) is 87.1 cm³/mol. The summed E-state index contributed by atoms with van der Waals surface area (Å²) in [5, 5.41) is 10.1. The summed E-state index contributed by atoms with van der Waals surface area (Å²) in [6, 6.07) is 7.19. The van der Waals surface area contributed by atoms with Crippen molar-refractivity contribution in [3.05, 3.63) is 36.5 Å². The summed E-state index contributed by atoms with van der Waals surface area (Å²) in [6.07, 6.45) is 2.10. The Morgan fingerprint density at radius 1 is 1.33 bits per heavy atom. The van der Waals surface area contributed by atoms with Gasteiger partial charge in [0.1, 0.15) is 12.0 Å². The Morgan fingerprint density at radius 3 is 2.67 bits per heavy atom. The normalized spacial score (nSPS) is 19.2. The van der Waals surface area contributed by atoms with Crippen LogP contribution < -0.4 is 13.8 Å². The average molecular weight is 349 g/mol. The van der Waals surface area contributed by atoms with Crippen molar-refractivity contribution in [1.82, 2.24) is 9.71 Å². The molecule has 126 valence electrons. The van der Waals surface area contributed by atoms with Crippen LogP contribution in [0.5, 0.6) is 11.6 Å². The van der Waals surface area contributed by atoms with Crippen LogP contribution in [0.3, 0.4) is 0 Å². The molecule has 0 aliphatic carbocycles. The fourth-order valence-electron chi connectivity index (χ4n) is 2.44. The van der Waals surface area contributed by atoms with Gasteiger partial charge in [0.05, 0.1) is 25.4 Å². The molecule has 2 N–H and O–H groups in total. The number of phenolic OH excluding ortho intramolecular Hbond substituents is 1. The predicted octanol–water partition coefficient (Wildman–Crippen LogP) is 0.685. The number of carbonyl (C=O) groups excluding carboxylic acids is 1. The van der Waals surface area contributed by atoms with Crippen LogP contribution in [-0.2, 0) is 15.0 Å². The first-order valence-corrected chi connectivity index (χ1v) is 8.47. The number of phenols is 1. The zero-order chi connectivity index (χ0) is 17.3. The molecular weight excluding hydrogens is 334 g/mol. The lowest BCUT2D eigenvalue weighted by Crippen LogP contribution is -2.30. The van der Waals surface area contributed by atoms with Crippen LogP contribution >= 0.6 is 0 Å². The highest BCUT2D eigenvalue weighted by molar-refractivity contribution is 7.91. The lowest BCUT2D eigenvalue weighted by Gasteiger charge is -2.18. The van der Waals surface area contributed by atoms with Crippen molar-refractivity contribution in [2.24, 2.45) is 0 Å². The van der Waals surface area contributed by atoms with Gasteiger partial charge < -0.3 is 14.6 Å². The molecule has 0 bridgehead atoms. The van der Waals surface area contributed by atoms with Crippen LogP contribution in [-0.4, -0.2) is 44.5 Å². The van der Waals surface area contributed by atoms with Gasteiger partial charge in [0.25, 0.3) is 0 Å². The molecule has 9 heteroatoms. The molecule has 24 heavy (non-hydrogen) atoms. The van der Waals surface area contributed by atoms with Crippen molar-refractivity contribution in [1.29, 1.82) is 0 Å². The Balaban J connectivity index is 2.01. The Morgan fingerprint density at radius 2 is 2.08 bits per heavy atom. The summed E-state index contributed by atoms with van der Waals surface area (Å²) in [5.41, 5.74) is 1.50. The maximum absolute atomic E-state index is 12.1. The number of methoxy groups -OCH3 is 1. The number of rotatable bonds is 4. The van der Waals surface area contributed by atoms with Crippen LogP contribution in [0.25, 0.3) is 11.1 Å². The zero-order valence-electron chi connectivity index (χ0n) is 12.7. The highest BCUT2D eigenvalue weighted by atomic mass is 32.2. The fourth-order valence-corrected chi connectivity index (χ4v) is 3.84. The van der Waals surface area contributed by atoms with Crippen molar-refractivity contribution in [3.8, 4) is 22.8 Å². The Labute approximate surface area is 138 Å². The molecule has 0 spiro atoms. The second-order valence-corrected chi connectivity index (χ2v) is 6.82. The third-order valence-electron chi connectivity index (χ3n) is 3.64. The summed E-state index contributed by atoms with van der Waals surface area (Å²) >= 11 is 0. The highest BCUT2D eigenvalue weighted by Gasteiger charge is 2.36. The smallest absolute Gasteiger partial charge is 0.302 e. The van der Waals surface area contributed by atoms with Gasteiger partial charge >= 0.3 is 10.2 Å². The number of aromatic hydroxyl groups is 1. The van der Waals surface area contributed by atoms with Crippen LogP contribution in [0.4, 0.5) is 5.69 Å². The van der Waals surface area contributed by atoms with Gasteiger partial charge in [-0.15, -0.1) is 0 Å². The van der Waals surface area contributed by atoms with Crippen LogP contribution in [0.1, 0.15) is 0 Å². The summed E-state index contributed by atoms with van der Waals surface area (Å²) < 4.78 is 32.5. The van der Waals surface area contributed by atoms with E-state index in [-0.39, 0.29) is 18.0 Å². The Bertz CT molecular complexity index is 867. The second-order valence-electron chi connectivity index (χ2n) is 5.19. The number of carbonyl (C=O) groups is 1. The van der Waals surface area contributed by atoms with Gasteiger partial charge in [-0.2, -0.15) is 13.1 Å². The number of hydrogen-bond donors (Lipinski definition) is 2. The molecule has 1 unspecified atom stereocenters. The number of ether oxygens (including phenoxy) is 1. The van der Waals surface area contributed by atoms with Gasteiger partial charge in [-0.25, -0.2) is 4.98 Å². The first kappa shape index (κ1) is 16.2. The van der Waals surface area contributed by atoms with Gasteiger partial charge in [0.2, 0.25) is 5.88 Å². The van der Waals surface area contributed by atoms with E-state index < -0.39 is 16.3 Å². The summed E-state index contributed by atoms with van der Waals surface area (Å²) in [5.74, 6) is 0.259. The molecule has 1 aromatic carbocycles. The van der Waals surface area contributed by atoms with Gasteiger partial charge in [0.15, 0.2) is 0 Å². The largest absolute Gasteiger partial charge is 0.506 e. The molecular formula is C15H15N3O5S. The zero-order valence-corrected chi connectivity index (χ0v) is 13.5. The molecule has 1 atom stereocenters. The molecule has 1 aliphatic rings. The molecule has 0 amide bonds. The van der Waals surface area contributed by atoms with E-state index >= 15 is 0 Å². The topological polar surface area (TPSA) is 109 Å². The van der Waals surface area contributed by atoms with E-state index in [1.165, 1.54) is 19.2 Å². The molecule has 2 heterocycles. The molecule has 0 saturated carbocycles. The third kappa shape index (κ3) is 2.91. The number of pyridine rings is 1. The standard InChI is InChI=1S/C15H15N3O5S/c1-23-15-5-3-11(7-16-15)10-2-4-14(20)13(6-10)18-8-12(9-19)17-24(18,21)22/h2-7,9,12,17,20H,8H2,1H3. The molecule has 2 aromatic rings. The molecule has 1 aliphatic heterocycles. The molecule has 3 rings (SSSR count). The minimum atomic E-state index is -3.88. The van der Waals surface area contributed by atoms with E-state index in [9.17, 15) is 18.3 Å². The number of hydrogen-bond acceptors (Lipinski definition) is 6. The van der Waals surface area contributed by atoms with Crippen molar-refractivity contribution in [2.45, 2.75) is 6.04 Å². The van der Waals surface area contributed by atoms with E-state index in [1.807, 2.05) is 0 Å². The average Bonchev–Trinajstić information content (AvgIpc) is 2.90. The Kier molecular flexibility index (Phi) is 4.12. The first-order valence-electron chi connectivity index (χ1n) is 7.03. The van der Waals surface area contributed by atoms with Gasteiger partial charge in [-0.3, -0.25) is 4.31 Å².